The lowest BCUT2D eigenvalue weighted by Gasteiger charge is -2.36. The molecule has 1 N–H and O–H groups in total. The molecule has 0 bridgehead atoms. The van der Waals surface area contributed by atoms with Crippen LogP contribution >= 0.6 is 0 Å². The Morgan fingerprint density at radius 1 is 1.38 bits per heavy atom. The summed E-state index contributed by atoms with van der Waals surface area (Å²) >= 11 is 0. The van der Waals surface area contributed by atoms with Gasteiger partial charge in [-0.3, -0.25) is 15.0 Å². The van der Waals surface area contributed by atoms with E-state index in [1.165, 1.54) is 12.8 Å². The van der Waals surface area contributed by atoms with Crippen LogP contribution in [0, 0.1) is 16.0 Å². The molecule has 1 fully saturated rings. The van der Waals surface area contributed by atoms with Crippen molar-refractivity contribution < 1.29 is 4.92 Å². The van der Waals surface area contributed by atoms with E-state index >= 15 is 0 Å². The maximum atomic E-state index is 11.0. The largest absolute Gasteiger partial charge is 0.380 e. The lowest BCUT2D eigenvalue weighted by atomic mass is 9.94. The van der Waals surface area contributed by atoms with E-state index in [1.807, 2.05) is 19.1 Å². The average molecular weight is 291 g/mol. The molecular weight excluding hydrogens is 266 g/mol. The average Bonchev–Trinajstić information content (AvgIpc) is 2.43. The minimum atomic E-state index is -0.326. The fourth-order valence-electron chi connectivity index (χ4n) is 3.01. The van der Waals surface area contributed by atoms with E-state index < -0.39 is 0 Å². The third-order valence-corrected chi connectivity index (χ3v) is 4.26. The maximum absolute atomic E-state index is 11.0. The van der Waals surface area contributed by atoms with Crippen LogP contribution in [0.5, 0.6) is 0 Å². The second kappa shape index (κ2) is 6.89. The molecule has 0 spiro atoms. The third kappa shape index (κ3) is 3.94. The number of nitrogens with zero attached hydrogens (tertiary/aromatic N) is 2. The minimum absolute atomic E-state index is 0.153. The molecule has 2 rings (SSSR count). The van der Waals surface area contributed by atoms with E-state index in [0.29, 0.717) is 18.3 Å². The Balaban J connectivity index is 2.16. The first kappa shape index (κ1) is 15.8. The van der Waals surface area contributed by atoms with E-state index in [9.17, 15) is 10.1 Å². The van der Waals surface area contributed by atoms with Gasteiger partial charge in [0.1, 0.15) is 5.69 Å². The molecule has 1 aromatic carbocycles. The normalized spacial score (nSPS) is 23.0. The summed E-state index contributed by atoms with van der Waals surface area (Å²) in [6.45, 7) is 9.16. The lowest BCUT2D eigenvalue weighted by molar-refractivity contribution is -0.384. The number of likely N-dealkylation sites (tertiary alicyclic amines) is 1. The number of nitrogens with one attached hydrogen (secondary N) is 1. The Hall–Kier alpha value is -1.62. The van der Waals surface area contributed by atoms with E-state index in [0.717, 1.165) is 24.6 Å². The van der Waals surface area contributed by atoms with E-state index in [2.05, 4.69) is 24.1 Å². The van der Waals surface area contributed by atoms with Gasteiger partial charge in [0.15, 0.2) is 0 Å². The van der Waals surface area contributed by atoms with Gasteiger partial charge in [0, 0.05) is 31.7 Å². The van der Waals surface area contributed by atoms with Gasteiger partial charge in [-0.25, -0.2) is 0 Å². The first-order chi connectivity index (χ1) is 10.0. The van der Waals surface area contributed by atoms with E-state index in [1.54, 1.807) is 6.07 Å². The smallest absolute Gasteiger partial charge is 0.292 e. The molecule has 0 aromatic heterocycles. The topological polar surface area (TPSA) is 58.4 Å². The van der Waals surface area contributed by atoms with Crippen LogP contribution < -0.4 is 5.32 Å². The molecule has 0 amide bonds. The first-order valence-corrected chi connectivity index (χ1v) is 7.76. The summed E-state index contributed by atoms with van der Waals surface area (Å²) in [6, 6.07) is 6.00. The molecule has 21 heavy (non-hydrogen) atoms. The van der Waals surface area contributed by atoms with Crippen molar-refractivity contribution in [3.05, 3.63) is 33.9 Å². The Kier molecular flexibility index (Phi) is 5.17. The number of hydrogen-bond donors (Lipinski definition) is 1. The molecule has 0 saturated carbocycles. The third-order valence-electron chi connectivity index (χ3n) is 4.26. The minimum Gasteiger partial charge on any atom is -0.380 e. The van der Waals surface area contributed by atoms with Crippen molar-refractivity contribution >= 4 is 11.4 Å². The molecule has 2 atom stereocenters. The quantitative estimate of drug-likeness (QED) is 0.664. The summed E-state index contributed by atoms with van der Waals surface area (Å²) in [6.07, 6.45) is 2.52. The Labute approximate surface area is 126 Å². The van der Waals surface area contributed by atoms with Gasteiger partial charge in [0.25, 0.3) is 5.69 Å². The Morgan fingerprint density at radius 2 is 2.14 bits per heavy atom. The van der Waals surface area contributed by atoms with Gasteiger partial charge in [-0.2, -0.15) is 0 Å². The molecule has 0 radical (unpaired) electrons. The SMILES string of the molecule is CCNc1cc(CN2CC(C)CCC2C)ccc1[N+](=O)[O-]. The molecule has 1 aromatic rings. The van der Waals surface area contributed by atoms with Crippen LogP contribution in [-0.2, 0) is 6.54 Å². The molecule has 0 aliphatic carbocycles. The highest BCUT2D eigenvalue weighted by molar-refractivity contribution is 5.62. The van der Waals surface area contributed by atoms with Crippen LogP contribution in [0.3, 0.4) is 0 Å². The number of hydrogen-bond acceptors (Lipinski definition) is 4. The van der Waals surface area contributed by atoms with Gasteiger partial charge >= 0.3 is 0 Å². The monoisotopic (exact) mass is 291 g/mol. The summed E-state index contributed by atoms with van der Waals surface area (Å²) in [4.78, 5) is 13.2. The number of rotatable bonds is 5. The summed E-state index contributed by atoms with van der Waals surface area (Å²) in [5.41, 5.74) is 1.91. The van der Waals surface area contributed by atoms with Crippen molar-refractivity contribution in [2.24, 2.45) is 5.92 Å². The highest BCUT2D eigenvalue weighted by Crippen LogP contribution is 2.28. The van der Waals surface area contributed by atoms with Crippen LogP contribution in [0.15, 0.2) is 18.2 Å². The van der Waals surface area contributed by atoms with Crippen molar-refractivity contribution in [2.75, 3.05) is 18.4 Å². The zero-order chi connectivity index (χ0) is 15.4. The van der Waals surface area contributed by atoms with Crippen LogP contribution in [0.4, 0.5) is 11.4 Å². The van der Waals surface area contributed by atoms with Gasteiger partial charge in [-0.1, -0.05) is 13.0 Å². The molecule has 1 aliphatic heterocycles. The highest BCUT2D eigenvalue weighted by atomic mass is 16.6. The number of benzene rings is 1. The predicted molar refractivity (Wildman–Crippen MR) is 85.5 cm³/mol. The zero-order valence-electron chi connectivity index (χ0n) is 13.1. The van der Waals surface area contributed by atoms with Crippen LogP contribution in [0.25, 0.3) is 0 Å². The molecule has 5 nitrogen and oxygen atoms in total. The molecular formula is C16H25N3O2. The number of nitro groups is 1. The second-order valence-corrected chi connectivity index (χ2v) is 6.10. The van der Waals surface area contributed by atoms with Crippen molar-refractivity contribution in [2.45, 2.75) is 46.2 Å². The predicted octanol–water partition coefficient (Wildman–Crippen LogP) is 3.65. The first-order valence-electron chi connectivity index (χ1n) is 7.76. The fourth-order valence-corrected chi connectivity index (χ4v) is 3.01. The number of piperidine rings is 1. The van der Waals surface area contributed by atoms with E-state index in [4.69, 9.17) is 0 Å². The molecule has 1 aliphatic rings. The van der Waals surface area contributed by atoms with Gasteiger partial charge in [0.05, 0.1) is 4.92 Å². The molecule has 116 valence electrons. The molecule has 2 unspecified atom stereocenters. The van der Waals surface area contributed by atoms with Crippen LogP contribution in [-0.4, -0.2) is 29.0 Å². The fraction of sp³-hybridized carbons (Fsp3) is 0.625. The van der Waals surface area contributed by atoms with Gasteiger partial charge < -0.3 is 5.32 Å². The van der Waals surface area contributed by atoms with Gasteiger partial charge in [0.2, 0.25) is 0 Å². The standard InChI is InChI=1S/C16H25N3O2/c1-4-17-15-9-14(7-8-16(15)19(20)21)11-18-10-12(2)5-6-13(18)3/h7-9,12-13,17H,4-6,10-11H2,1-3H3. The van der Waals surface area contributed by atoms with Gasteiger partial charge in [-0.05, 0) is 44.2 Å². The lowest BCUT2D eigenvalue weighted by Crippen LogP contribution is -2.40. The Bertz CT molecular complexity index is 504. The Morgan fingerprint density at radius 3 is 2.81 bits per heavy atom. The molecule has 5 heteroatoms. The van der Waals surface area contributed by atoms with Crippen molar-refractivity contribution in [3.63, 3.8) is 0 Å². The van der Waals surface area contributed by atoms with Crippen molar-refractivity contribution in [1.82, 2.24) is 4.90 Å². The van der Waals surface area contributed by atoms with Gasteiger partial charge in [-0.15, -0.1) is 0 Å². The van der Waals surface area contributed by atoms with E-state index in [-0.39, 0.29) is 10.6 Å². The zero-order valence-corrected chi connectivity index (χ0v) is 13.1. The summed E-state index contributed by atoms with van der Waals surface area (Å²) in [5.74, 6) is 0.729. The summed E-state index contributed by atoms with van der Waals surface area (Å²) in [7, 11) is 0. The van der Waals surface area contributed by atoms with Crippen molar-refractivity contribution in [3.8, 4) is 0 Å². The van der Waals surface area contributed by atoms with Crippen molar-refractivity contribution in [1.29, 1.82) is 0 Å². The number of anilines is 1. The number of nitro benzene ring substituents is 1. The van der Waals surface area contributed by atoms with Crippen LogP contribution in [0.2, 0.25) is 0 Å². The summed E-state index contributed by atoms with van der Waals surface area (Å²) in [5, 5.41) is 14.1. The molecule has 1 saturated heterocycles. The van der Waals surface area contributed by atoms with Crippen LogP contribution in [0.1, 0.15) is 39.2 Å². The molecule has 1 heterocycles. The maximum Gasteiger partial charge on any atom is 0.292 e. The second-order valence-electron chi connectivity index (χ2n) is 6.10. The summed E-state index contributed by atoms with van der Waals surface area (Å²) < 4.78 is 0. The highest BCUT2D eigenvalue weighted by Gasteiger charge is 2.23.